The molecule has 0 aliphatic rings. The van der Waals surface area contributed by atoms with E-state index < -0.39 is 6.04 Å². The van der Waals surface area contributed by atoms with Crippen LogP contribution in [0.3, 0.4) is 0 Å². The lowest BCUT2D eigenvalue weighted by molar-refractivity contribution is -0.131. The summed E-state index contributed by atoms with van der Waals surface area (Å²) in [6, 6.07) is -0.793. The number of ether oxygens (including phenoxy) is 1. The second-order valence-electron chi connectivity index (χ2n) is 4.13. The first kappa shape index (κ1) is 15.9. The minimum absolute atomic E-state index is 0.0541. The van der Waals surface area contributed by atoms with Gasteiger partial charge in [-0.05, 0) is 13.8 Å². The molecule has 0 saturated heterocycles. The second-order valence-corrected chi connectivity index (χ2v) is 4.13. The maximum atomic E-state index is 11.6. The molecule has 100 valence electrons. The SMILES string of the molecule is COCCNC(=O)C(C)NC(C)C(=O)N(C)C. The maximum absolute atomic E-state index is 11.6. The van der Waals surface area contributed by atoms with Crippen molar-refractivity contribution in [2.75, 3.05) is 34.4 Å². The van der Waals surface area contributed by atoms with Crippen molar-refractivity contribution in [1.29, 1.82) is 0 Å². The van der Waals surface area contributed by atoms with E-state index in [1.54, 1.807) is 35.1 Å². The Balaban J connectivity index is 4.02. The number of likely N-dealkylation sites (N-methyl/N-ethyl adjacent to an activating group) is 1. The fraction of sp³-hybridized carbons (Fsp3) is 0.818. The van der Waals surface area contributed by atoms with E-state index in [-0.39, 0.29) is 17.9 Å². The van der Waals surface area contributed by atoms with Gasteiger partial charge in [-0.25, -0.2) is 0 Å². The number of nitrogens with zero attached hydrogens (tertiary/aromatic N) is 1. The Labute approximate surface area is 103 Å². The van der Waals surface area contributed by atoms with Crippen LogP contribution < -0.4 is 10.6 Å². The predicted octanol–water partition coefficient (Wildman–Crippen LogP) is -0.796. The summed E-state index contributed by atoms with van der Waals surface area (Å²) in [5.41, 5.74) is 0. The Kier molecular flexibility index (Phi) is 7.49. The molecule has 0 heterocycles. The highest BCUT2D eigenvalue weighted by molar-refractivity contribution is 5.84. The Hall–Kier alpha value is -1.14. The Bertz CT molecular complexity index is 256. The minimum Gasteiger partial charge on any atom is -0.383 e. The van der Waals surface area contributed by atoms with Crippen LogP contribution in [0.25, 0.3) is 0 Å². The number of amides is 2. The van der Waals surface area contributed by atoms with Crippen molar-refractivity contribution < 1.29 is 14.3 Å². The zero-order valence-electron chi connectivity index (χ0n) is 11.2. The molecule has 6 nitrogen and oxygen atoms in total. The van der Waals surface area contributed by atoms with Crippen LogP contribution in [0.2, 0.25) is 0 Å². The van der Waals surface area contributed by atoms with E-state index in [0.29, 0.717) is 13.2 Å². The molecule has 2 amide bonds. The maximum Gasteiger partial charge on any atom is 0.238 e. The molecule has 6 heteroatoms. The van der Waals surface area contributed by atoms with Crippen LogP contribution in [0.15, 0.2) is 0 Å². The van der Waals surface area contributed by atoms with E-state index in [0.717, 1.165) is 0 Å². The predicted molar refractivity (Wildman–Crippen MR) is 65.6 cm³/mol. The summed E-state index contributed by atoms with van der Waals surface area (Å²) < 4.78 is 4.83. The van der Waals surface area contributed by atoms with Crippen LogP contribution in [0, 0.1) is 0 Å². The lowest BCUT2D eigenvalue weighted by Crippen LogP contribution is -2.51. The van der Waals surface area contributed by atoms with Gasteiger partial charge in [0.05, 0.1) is 18.7 Å². The summed E-state index contributed by atoms with van der Waals surface area (Å²) >= 11 is 0. The lowest BCUT2D eigenvalue weighted by Gasteiger charge is -2.21. The van der Waals surface area contributed by atoms with E-state index in [1.165, 1.54) is 4.90 Å². The molecule has 0 aliphatic heterocycles. The van der Waals surface area contributed by atoms with Crippen LogP contribution in [-0.2, 0) is 14.3 Å². The molecule has 17 heavy (non-hydrogen) atoms. The highest BCUT2D eigenvalue weighted by atomic mass is 16.5. The molecule has 0 radical (unpaired) electrons. The standard InChI is InChI=1S/C11H23N3O3/c1-8(10(15)12-6-7-17-5)13-9(2)11(16)14(3)4/h8-9,13H,6-7H2,1-5H3,(H,12,15). The van der Waals surface area contributed by atoms with Gasteiger partial charge in [0.1, 0.15) is 0 Å². The van der Waals surface area contributed by atoms with Gasteiger partial charge >= 0.3 is 0 Å². The molecule has 2 N–H and O–H groups in total. The van der Waals surface area contributed by atoms with Crippen LogP contribution >= 0.6 is 0 Å². The number of nitrogens with one attached hydrogen (secondary N) is 2. The lowest BCUT2D eigenvalue weighted by atomic mass is 10.2. The van der Waals surface area contributed by atoms with Crippen molar-refractivity contribution in [3.8, 4) is 0 Å². The molecule has 0 rings (SSSR count). The highest BCUT2D eigenvalue weighted by Crippen LogP contribution is 1.92. The molecule has 0 fully saturated rings. The zero-order chi connectivity index (χ0) is 13.4. The van der Waals surface area contributed by atoms with Crippen molar-refractivity contribution in [2.24, 2.45) is 0 Å². The summed E-state index contributed by atoms with van der Waals surface area (Å²) in [5, 5.41) is 5.65. The number of hydrogen-bond acceptors (Lipinski definition) is 4. The van der Waals surface area contributed by atoms with E-state index >= 15 is 0 Å². The third-order valence-corrected chi connectivity index (χ3v) is 2.31. The van der Waals surface area contributed by atoms with Crippen molar-refractivity contribution in [2.45, 2.75) is 25.9 Å². The zero-order valence-corrected chi connectivity index (χ0v) is 11.2. The third kappa shape index (κ3) is 6.23. The van der Waals surface area contributed by atoms with Gasteiger partial charge in [0.2, 0.25) is 11.8 Å². The summed E-state index contributed by atoms with van der Waals surface area (Å²) in [5.74, 6) is -0.193. The Morgan fingerprint density at radius 2 is 1.82 bits per heavy atom. The topological polar surface area (TPSA) is 70.7 Å². The van der Waals surface area contributed by atoms with Crippen molar-refractivity contribution in [3.05, 3.63) is 0 Å². The third-order valence-electron chi connectivity index (χ3n) is 2.31. The number of carbonyl (C=O) groups excluding carboxylic acids is 2. The monoisotopic (exact) mass is 245 g/mol. The average Bonchev–Trinajstić information content (AvgIpc) is 2.27. The number of methoxy groups -OCH3 is 1. The summed E-state index contributed by atoms with van der Waals surface area (Å²) in [6.45, 7) is 4.41. The molecule has 0 aromatic rings. The Morgan fingerprint density at radius 3 is 2.29 bits per heavy atom. The second kappa shape index (κ2) is 8.03. The smallest absolute Gasteiger partial charge is 0.238 e. The molecule has 0 spiro atoms. The molecule has 0 bridgehead atoms. The first-order chi connectivity index (χ1) is 7.90. The molecule has 0 aliphatic carbocycles. The fourth-order valence-electron chi connectivity index (χ4n) is 1.34. The normalized spacial score (nSPS) is 13.9. The van der Waals surface area contributed by atoms with Gasteiger partial charge in [-0.3, -0.25) is 14.9 Å². The molecule has 0 saturated carbocycles. The molecular weight excluding hydrogens is 222 g/mol. The van der Waals surface area contributed by atoms with Crippen molar-refractivity contribution >= 4 is 11.8 Å². The van der Waals surface area contributed by atoms with Gasteiger partial charge in [-0.15, -0.1) is 0 Å². The quantitative estimate of drug-likeness (QED) is 0.576. The molecule has 2 unspecified atom stereocenters. The van der Waals surface area contributed by atoms with Crippen LogP contribution in [0.1, 0.15) is 13.8 Å². The first-order valence-electron chi connectivity index (χ1n) is 5.64. The van der Waals surface area contributed by atoms with E-state index in [9.17, 15) is 9.59 Å². The minimum atomic E-state index is -0.411. The van der Waals surface area contributed by atoms with Gasteiger partial charge in [0.25, 0.3) is 0 Å². The van der Waals surface area contributed by atoms with Gasteiger partial charge in [0.15, 0.2) is 0 Å². The highest BCUT2D eigenvalue weighted by Gasteiger charge is 2.20. The average molecular weight is 245 g/mol. The molecule has 0 aromatic heterocycles. The van der Waals surface area contributed by atoms with Crippen LogP contribution in [-0.4, -0.2) is 63.2 Å². The van der Waals surface area contributed by atoms with Gasteiger partial charge in [-0.1, -0.05) is 0 Å². The molecule has 0 aromatic carbocycles. The van der Waals surface area contributed by atoms with Crippen molar-refractivity contribution in [3.63, 3.8) is 0 Å². The van der Waals surface area contributed by atoms with E-state index in [4.69, 9.17) is 4.74 Å². The summed E-state index contributed by atoms with van der Waals surface area (Å²) in [6.07, 6.45) is 0. The number of hydrogen-bond donors (Lipinski definition) is 2. The summed E-state index contributed by atoms with van der Waals surface area (Å²) in [7, 11) is 4.94. The van der Waals surface area contributed by atoms with Crippen molar-refractivity contribution in [1.82, 2.24) is 15.5 Å². The van der Waals surface area contributed by atoms with Gasteiger partial charge in [-0.2, -0.15) is 0 Å². The first-order valence-corrected chi connectivity index (χ1v) is 5.64. The number of rotatable bonds is 7. The summed E-state index contributed by atoms with van der Waals surface area (Å²) in [4.78, 5) is 24.7. The Morgan fingerprint density at radius 1 is 1.24 bits per heavy atom. The van der Waals surface area contributed by atoms with E-state index in [2.05, 4.69) is 10.6 Å². The largest absolute Gasteiger partial charge is 0.383 e. The van der Waals surface area contributed by atoms with Crippen LogP contribution in [0.4, 0.5) is 0 Å². The van der Waals surface area contributed by atoms with Gasteiger partial charge in [0, 0.05) is 27.7 Å². The number of carbonyl (C=O) groups is 2. The van der Waals surface area contributed by atoms with Crippen LogP contribution in [0.5, 0.6) is 0 Å². The fourth-order valence-corrected chi connectivity index (χ4v) is 1.34. The van der Waals surface area contributed by atoms with E-state index in [1.807, 2.05) is 0 Å². The van der Waals surface area contributed by atoms with Gasteiger partial charge < -0.3 is 15.0 Å². The molecular formula is C11H23N3O3. The molecule has 2 atom stereocenters.